The highest BCUT2D eigenvalue weighted by Crippen LogP contribution is 2.22. The van der Waals surface area contributed by atoms with E-state index in [-0.39, 0.29) is 12.4 Å². The first-order valence-corrected chi connectivity index (χ1v) is 7.39. The van der Waals surface area contributed by atoms with Crippen LogP contribution in [0, 0.1) is 0 Å². The summed E-state index contributed by atoms with van der Waals surface area (Å²) in [6, 6.07) is 8.26. The van der Waals surface area contributed by atoms with Crippen molar-refractivity contribution in [2.24, 2.45) is 0 Å². The van der Waals surface area contributed by atoms with E-state index in [1.807, 2.05) is 23.9 Å². The zero-order valence-electron chi connectivity index (χ0n) is 11.5. The molecule has 104 valence electrons. The van der Waals surface area contributed by atoms with Gasteiger partial charge in [0.25, 0.3) is 0 Å². The van der Waals surface area contributed by atoms with Crippen LogP contribution in [0.5, 0.6) is 5.75 Å². The number of nitrogens with zero attached hydrogens (tertiary/aromatic N) is 1. The summed E-state index contributed by atoms with van der Waals surface area (Å²) in [6.45, 7) is 7.90. The molecule has 18 heavy (non-hydrogen) atoms. The van der Waals surface area contributed by atoms with E-state index in [2.05, 4.69) is 30.9 Å². The SMILES string of the molecule is CCN(CC)CCSCc1ccccc1OC.Cl. The van der Waals surface area contributed by atoms with E-state index in [0.717, 1.165) is 24.6 Å². The Hall–Kier alpha value is -0.380. The summed E-state index contributed by atoms with van der Waals surface area (Å²) in [5, 5.41) is 0. The van der Waals surface area contributed by atoms with Crippen molar-refractivity contribution >= 4 is 24.2 Å². The second kappa shape index (κ2) is 10.5. The van der Waals surface area contributed by atoms with Crippen molar-refractivity contribution in [3.05, 3.63) is 29.8 Å². The van der Waals surface area contributed by atoms with Crippen LogP contribution in [0.2, 0.25) is 0 Å². The summed E-state index contributed by atoms with van der Waals surface area (Å²) in [5.41, 5.74) is 1.29. The van der Waals surface area contributed by atoms with Crippen molar-refractivity contribution in [2.45, 2.75) is 19.6 Å². The van der Waals surface area contributed by atoms with Gasteiger partial charge in [0.15, 0.2) is 0 Å². The minimum atomic E-state index is 0. The van der Waals surface area contributed by atoms with Gasteiger partial charge in [-0.05, 0) is 19.2 Å². The predicted molar refractivity (Wildman–Crippen MR) is 84.2 cm³/mol. The van der Waals surface area contributed by atoms with Gasteiger partial charge in [0.05, 0.1) is 7.11 Å². The van der Waals surface area contributed by atoms with Crippen LogP contribution >= 0.6 is 24.2 Å². The highest BCUT2D eigenvalue weighted by atomic mass is 35.5. The number of ether oxygens (including phenoxy) is 1. The Morgan fingerprint density at radius 2 is 1.83 bits per heavy atom. The van der Waals surface area contributed by atoms with Crippen molar-refractivity contribution in [2.75, 3.05) is 32.5 Å². The molecule has 0 aliphatic carbocycles. The van der Waals surface area contributed by atoms with Crippen molar-refractivity contribution < 1.29 is 4.74 Å². The summed E-state index contributed by atoms with van der Waals surface area (Å²) >= 11 is 1.97. The summed E-state index contributed by atoms with van der Waals surface area (Å²) in [6.07, 6.45) is 0. The van der Waals surface area contributed by atoms with Crippen LogP contribution in [0.4, 0.5) is 0 Å². The molecule has 0 unspecified atom stereocenters. The van der Waals surface area contributed by atoms with Crippen LogP contribution in [0.25, 0.3) is 0 Å². The Labute approximate surface area is 122 Å². The first kappa shape index (κ1) is 17.6. The van der Waals surface area contributed by atoms with Crippen LogP contribution < -0.4 is 4.74 Å². The molecule has 0 heterocycles. The van der Waals surface area contributed by atoms with Crippen LogP contribution in [0.15, 0.2) is 24.3 Å². The number of hydrogen-bond donors (Lipinski definition) is 0. The molecule has 1 aromatic carbocycles. The Morgan fingerprint density at radius 1 is 1.17 bits per heavy atom. The fourth-order valence-electron chi connectivity index (χ4n) is 1.74. The lowest BCUT2D eigenvalue weighted by molar-refractivity contribution is 0.324. The topological polar surface area (TPSA) is 12.5 Å². The standard InChI is InChI=1S/C14H23NOS.ClH/c1-4-15(5-2)10-11-17-12-13-8-6-7-9-14(13)16-3;/h6-9H,4-5,10-12H2,1-3H3;1H. The van der Waals surface area contributed by atoms with Crippen LogP contribution in [0.1, 0.15) is 19.4 Å². The lowest BCUT2D eigenvalue weighted by Gasteiger charge is -2.17. The molecule has 0 saturated heterocycles. The Kier molecular flexibility index (Phi) is 10.3. The fraction of sp³-hybridized carbons (Fsp3) is 0.571. The van der Waals surface area contributed by atoms with Crippen molar-refractivity contribution in [1.82, 2.24) is 4.90 Å². The van der Waals surface area contributed by atoms with Gasteiger partial charge in [-0.25, -0.2) is 0 Å². The van der Waals surface area contributed by atoms with Crippen LogP contribution in [-0.4, -0.2) is 37.4 Å². The van der Waals surface area contributed by atoms with Crippen molar-refractivity contribution in [3.63, 3.8) is 0 Å². The molecule has 0 amide bonds. The van der Waals surface area contributed by atoms with Gasteiger partial charge in [0.1, 0.15) is 5.75 Å². The Morgan fingerprint density at radius 3 is 2.44 bits per heavy atom. The predicted octanol–water partition coefficient (Wildman–Crippen LogP) is 3.69. The second-order valence-electron chi connectivity index (χ2n) is 3.89. The first-order valence-electron chi connectivity index (χ1n) is 6.23. The average Bonchev–Trinajstić information content (AvgIpc) is 2.39. The highest BCUT2D eigenvalue weighted by molar-refractivity contribution is 7.98. The molecular formula is C14H24ClNOS. The summed E-state index contributed by atoms with van der Waals surface area (Å²) in [4.78, 5) is 2.45. The van der Waals surface area contributed by atoms with E-state index in [1.165, 1.54) is 17.9 Å². The van der Waals surface area contributed by atoms with Gasteiger partial charge in [-0.2, -0.15) is 11.8 Å². The maximum atomic E-state index is 5.34. The number of halogens is 1. The summed E-state index contributed by atoms with van der Waals surface area (Å²) in [5.74, 6) is 3.22. The lowest BCUT2D eigenvalue weighted by atomic mass is 10.2. The normalized spacial score (nSPS) is 10.2. The van der Waals surface area contributed by atoms with Gasteiger partial charge in [-0.3, -0.25) is 0 Å². The minimum Gasteiger partial charge on any atom is -0.496 e. The van der Waals surface area contributed by atoms with E-state index in [1.54, 1.807) is 7.11 Å². The molecule has 0 fully saturated rings. The molecule has 4 heteroatoms. The van der Waals surface area contributed by atoms with E-state index in [9.17, 15) is 0 Å². The van der Waals surface area contributed by atoms with Gasteiger partial charge in [-0.15, -0.1) is 12.4 Å². The Bertz CT molecular complexity index is 318. The summed E-state index contributed by atoms with van der Waals surface area (Å²) in [7, 11) is 1.74. The maximum absolute atomic E-state index is 5.34. The van der Waals surface area contributed by atoms with Gasteiger partial charge in [-0.1, -0.05) is 32.0 Å². The van der Waals surface area contributed by atoms with Crippen molar-refractivity contribution in [3.8, 4) is 5.75 Å². The molecule has 0 radical (unpaired) electrons. The number of para-hydroxylation sites is 1. The molecule has 0 saturated carbocycles. The van der Waals surface area contributed by atoms with E-state index in [4.69, 9.17) is 4.74 Å². The first-order chi connectivity index (χ1) is 8.31. The quantitative estimate of drug-likeness (QED) is 0.677. The van der Waals surface area contributed by atoms with Gasteiger partial charge in [0, 0.05) is 23.6 Å². The smallest absolute Gasteiger partial charge is 0.122 e. The molecule has 2 nitrogen and oxygen atoms in total. The monoisotopic (exact) mass is 289 g/mol. The molecule has 0 aromatic heterocycles. The van der Waals surface area contributed by atoms with Gasteiger partial charge >= 0.3 is 0 Å². The lowest BCUT2D eigenvalue weighted by Crippen LogP contribution is -2.25. The minimum absolute atomic E-state index is 0. The molecule has 0 atom stereocenters. The molecule has 0 N–H and O–H groups in total. The van der Waals surface area contributed by atoms with Gasteiger partial charge in [0.2, 0.25) is 0 Å². The third-order valence-electron chi connectivity index (χ3n) is 2.90. The van der Waals surface area contributed by atoms with Crippen molar-refractivity contribution in [1.29, 1.82) is 0 Å². The molecule has 0 aliphatic rings. The zero-order chi connectivity index (χ0) is 12.5. The van der Waals surface area contributed by atoms with E-state index < -0.39 is 0 Å². The summed E-state index contributed by atoms with van der Waals surface area (Å²) < 4.78 is 5.34. The third-order valence-corrected chi connectivity index (χ3v) is 3.88. The van der Waals surface area contributed by atoms with Crippen LogP contribution in [-0.2, 0) is 5.75 Å². The second-order valence-corrected chi connectivity index (χ2v) is 5.00. The molecule has 0 bridgehead atoms. The Balaban J connectivity index is 0.00000289. The maximum Gasteiger partial charge on any atom is 0.122 e. The number of hydrogen-bond acceptors (Lipinski definition) is 3. The van der Waals surface area contributed by atoms with E-state index in [0.29, 0.717) is 0 Å². The molecule has 1 aromatic rings. The average molecular weight is 290 g/mol. The molecular weight excluding hydrogens is 266 g/mol. The van der Waals surface area contributed by atoms with Crippen LogP contribution in [0.3, 0.4) is 0 Å². The van der Waals surface area contributed by atoms with E-state index >= 15 is 0 Å². The molecule has 1 rings (SSSR count). The third kappa shape index (κ3) is 5.98. The van der Waals surface area contributed by atoms with Gasteiger partial charge < -0.3 is 9.64 Å². The fourth-order valence-corrected chi connectivity index (χ4v) is 2.73. The number of benzene rings is 1. The molecule has 0 aliphatic heterocycles. The number of rotatable bonds is 8. The number of methoxy groups -OCH3 is 1. The molecule has 0 spiro atoms. The number of thioether (sulfide) groups is 1. The zero-order valence-corrected chi connectivity index (χ0v) is 13.1. The largest absolute Gasteiger partial charge is 0.496 e. The highest BCUT2D eigenvalue weighted by Gasteiger charge is 2.02.